The molecule has 1 heterocycles. The SMILES string of the molecule is CC.CC.CC(=O)c1ccc(/C=N/Nc2nc(-c3cccc([NH2+]O)c3)cs2)c(N)c1. The molecule has 0 saturated heterocycles. The number of hydrogen-bond donors (Lipinski definition) is 4. The van der Waals surface area contributed by atoms with Crippen LogP contribution in [0.1, 0.15) is 50.5 Å². The Bertz CT molecular complexity index is 970. The zero-order valence-electron chi connectivity index (χ0n) is 18.0. The van der Waals surface area contributed by atoms with Gasteiger partial charge >= 0.3 is 0 Å². The molecule has 6 N–H and O–H groups in total. The maximum atomic E-state index is 11.3. The number of hydrazone groups is 1. The number of ketones is 1. The molecule has 0 fully saturated rings. The molecule has 0 aliphatic carbocycles. The van der Waals surface area contributed by atoms with Crippen LogP contribution in [0.3, 0.4) is 0 Å². The summed E-state index contributed by atoms with van der Waals surface area (Å²) in [6.45, 7) is 9.50. The van der Waals surface area contributed by atoms with E-state index in [4.69, 9.17) is 10.9 Å². The third kappa shape index (κ3) is 7.07. The van der Waals surface area contributed by atoms with Gasteiger partial charge in [0.05, 0.1) is 11.9 Å². The minimum Gasteiger partial charge on any atom is -0.398 e. The van der Waals surface area contributed by atoms with Gasteiger partial charge in [0.15, 0.2) is 11.5 Å². The van der Waals surface area contributed by atoms with Gasteiger partial charge in [0.25, 0.3) is 0 Å². The van der Waals surface area contributed by atoms with E-state index in [2.05, 4.69) is 15.5 Å². The molecule has 7 nitrogen and oxygen atoms in total. The van der Waals surface area contributed by atoms with Crippen molar-refractivity contribution in [1.29, 1.82) is 0 Å². The van der Waals surface area contributed by atoms with Crippen molar-refractivity contribution in [2.45, 2.75) is 34.6 Å². The summed E-state index contributed by atoms with van der Waals surface area (Å²) in [4.78, 5) is 15.8. The Hall–Kier alpha value is -3.07. The Morgan fingerprint density at radius 3 is 2.57 bits per heavy atom. The van der Waals surface area contributed by atoms with Crippen LogP contribution in [0.15, 0.2) is 52.9 Å². The lowest BCUT2D eigenvalue weighted by molar-refractivity contribution is -0.825. The van der Waals surface area contributed by atoms with Crippen molar-refractivity contribution in [2.75, 3.05) is 11.2 Å². The second-order valence-corrected chi connectivity index (χ2v) is 6.42. The zero-order valence-corrected chi connectivity index (χ0v) is 18.8. The van der Waals surface area contributed by atoms with E-state index in [9.17, 15) is 4.79 Å². The number of carbonyl (C=O) groups excluding carboxylic acids is 1. The van der Waals surface area contributed by atoms with Gasteiger partial charge in [0.2, 0.25) is 5.13 Å². The molecule has 160 valence electrons. The fraction of sp³-hybridized carbons (Fsp3) is 0.227. The Morgan fingerprint density at radius 1 is 1.20 bits per heavy atom. The number of rotatable bonds is 6. The molecular weight excluding hydrogens is 398 g/mol. The molecule has 0 saturated carbocycles. The molecule has 3 aromatic rings. The molecule has 0 aliphatic rings. The average molecular weight is 429 g/mol. The van der Waals surface area contributed by atoms with Gasteiger partial charge in [-0.15, -0.1) is 11.3 Å². The van der Waals surface area contributed by atoms with Crippen molar-refractivity contribution in [3.8, 4) is 11.3 Å². The molecule has 0 unspecified atom stereocenters. The number of hydrogen-bond acceptors (Lipinski definition) is 7. The van der Waals surface area contributed by atoms with Gasteiger partial charge in [0.1, 0.15) is 0 Å². The molecular formula is C22H30N5O2S+. The first-order valence-electron chi connectivity index (χ1n) is 9.80. The molecule has 3 rings (SSSR count). The fourth-order valence-corrected chi connectivity index (χ4v) is 2.97. The average Bonchev–Trinajstić information content (AvgIpc) is 3.26. The summed E-state index contributed by atoms with van der Waals surface area (Å²) in [5, 5.41) is 15.8. The van der Waals surface area contributed by atoms with Crippen LogP contribution in [-0.4, -0.2) is 22.2 Å². The van der Waals surface area contributed by atoms with E-state index in [1.54, 1.807) is 30.5 Å². The normalized spacial score (nSPS) is 9.93. The number of Topliss-reactive ketones (excluding diaryl/α,β-unsaturated/α-hetero) is 1. The van der Waals surface area contributed by atoms with Crippen LogP contribution in [0, 0.1) is 0 Å². The largest absolute Gasteiger partial charge is 0.398 e. The number of nitrogens with two attached hydrogens (primary N) is 2. The molecule has 0 amide bonds. The van der Waals surface area contributed by atoms with Crippen LogP contribution < -0.4 is 16.6 Å². The highest BCUT2D eigenvalue weighted by Crippen LogP contribution is 2.25. The van der Waals surface area contributed by atoms with Crippen LogP contribution >= 0.6 is 11.3 Å². The van der Waals surface area contributed by atoms with Gasteiger partial charge in [-0.1, -0.05) is 52.0 Å². The minimum atomic E-state index is -0.0310. The lowest BCUT2D eigenvalue weighted by Crippen LogP contribution is -2.73. The number of aromatic nitrogens is 1. The van der Waals surface area contributed by atoms with Gasteiger partial charge in [-0.25, -0.2) is 10.2 Å². The number of nitrogens with zero attached hydrogens (tertiary/aromatic N) is 2. The first kappa shape index (κ1) is 25.0. The number of nitrogen functional groups attached to an aromatic ring is 1. The monoisotopic (exact) mass is 428 g/mol. The van der Waals surface area contributed by atoms with Crippen molar-refractivity contribution in [3.05, 3.63) is 59.0 Å². The van der Waals surface area contributed by atoms with Crippen LogP contribution in [0.5, 0.6) is 0 Å². The third-order valence-corrected chi connectivity index (χ3v) is 4.44. The summed E-state index contributed by atoms with van der Waals surface area (Å²) < 4.78 is 0. The summed E-state index contributed by atoms with van der Waals surface area (Å²) in [6.07, 6.45) is 1.58. The highest BCUT2D eigenvalue weighted by Gasteiger charge is 2.06. The predicted molar refractivity (Wildman–Crippen MR) is 126 cm³/mol. The fourth-order valence-electron chi connectivity index (χ4n) is 2.30. The van der Waals surface area contributed by atoms with E-state index in [0.29, 0.717) is 27.6 Å². The molecule has 0 spiro atoms. The van der Waals surface area contributed by atoms with Crippen molar-refractivity contribution < 1.29 is 15.5 Å². The first-order valence-corrected chi connectivity index (χ1v) is 10.7. The minimum absolute atomic E-state index is 0.0310. The number of nitrogens with one attached hydrogen (secondary N) is 1. The standard InChI is InChI=1S/C18H17N5O2S.2C2H6/c1-11(24)12-5-6-14(16(19)8-12)9-20-22-18-21-17(10-26-18)13-3-2-4-15(7-13)23-25;2*1-2/h2-10,23,25H,19H2,1H3,(H,21,22);2*1-2H3/p+1/b20-9+;;. The number of anilines is 2. The summed E-state index contributed by atoms with van der Waals surface area (Å²) in [7, 11) is 0. The quantitative estimate of drug-likeness (QED) is 0.197. The van der Waals surface area contributed by atoms with Crippen LogP contribution in [0.4, 0.5) is 16.5 Å². The van der Waals surface area contributed by atoms with Crippen LogP contribution in [-0.2, 0) is 0 Å². The number of quaternary nitrogens is 1. The van der Waals surface area contributed by atoms with E-state index in [1.165, 1.54) is 18.3 Å². The summed E-state index contributed by atoms with van der Waals surface area (Å²) in [6, 6.07) is 12.5. The van der Waals surface area contributed by atoms with Crippen molar-refractivity contribution in [3.63, 3.8) is 0 Å². The van der Waals surface area contributed by atoms with E-state index in [-0.39, 0.29) is 5.78 Å². The molecule has 0 bridgehead atoms. The molecule has 2 aromatic carbocycles. The second-order valence-electron chi connectivity index (χ2n) is 5.56. The topological polar surface area (TPSA) is 117 Å². The molecule has 8 heteroatoms. The maximum absolute atomic E-state index is 11.3. The maximum Gasteiger partial charge on any atom is 0.203 e. The molecule has 1 aromatic heterocycles. The van der Waals surface area contributed by atoms with Gasteiger partial charge < -0.3 is 5.73 Å². The van der Waals surface area contributed by atoms with E-state index < -0.39 is 0 Å². The zero-order chi connectivity index (χ0) is 22.5. The van der Waals surface area contributed by atoms with Gasteiger partial charge in [-0.2, -0.15) is 10.6 Å². The molecule has 0 aliphatic heterocycles. The molecule has 0 radical (unpaired) electrons. The van der Waals surface area contributed by atoms with Crippen molar-refractivity contribution in [1.82, 2.24) is 4.98 Å². The van der Waals surface area contributed by atoms with Gasteiger partial charge in [-0.05, 0) is 13.0 Å². The Kier molecular flexibility index (Phi) is 11.0. The smallest absolute Gasteiger partial charge is 0.203 e. The van der Waals surface area contributed by atoms with E-state index >= 15 is 0 Å². The highest BCUT2D eigenvalue weighted by atomic mass is 32.1. The van der Waals surface area contributed by atoms with E-state index in [0.717, 1.165) is 16.7 Å². The summed E-state index contributed by atoms with van der Waals surface area (Å²) in [5.41, 5.74) is 14.1. The number of carbonyl (C=O) groups is 1. The van der Waals surface area contributed by atoms with E-state index in [1.807, 2.05) is 51.3 Å². The first-order chi connectivity index (χ1) is 14.6. The Morgan fingerprint density at radius 2 is 1.93 bits per heavy atom. The lowest BCUT2D eigenvalue weighted by Gasteiger charge is -2.02. The van der Waals surface area contributed by atoms with Crippen molar-refractivity contribution in [2.24, 2.45) is 5.10 Å². The van der Waals surface area contributed by atoms with Gasteiger partial charge in [-0.3, -0.25) is 10.2 Å². The highest BCUT2D eigenvalue weighted by molar-refractivity contribution is 7.14. The molecule has 0 atom stereocenters. The van der Waals surface area contributed by atoms with Crippen LogP contribution in [0.2, 0.25) is 0 Å². The lowest BCUT2D eigenvalue weighted by atomic mass is 10.1. The molecule has 30 heavy (non-hydrogen) atoms. The number of thiazole rings is 1. The second kappa shape index (κ2) is 13.2. The predicted octanol–water partition coefficient (Wildman–Crippen LogP) is 4.68. The van der Waals surface area contributed by atoms with Crippen LogP contribution in [0.25, 0.3) is 11.3 Å². The number of benzene rings is 2. The summed E-state index contributed by atoms with van der Waals surface area (Å²) in [5.74, 6) is -0.0310. The Labute approximate surface area is 181 Å². The Balaban J connectivity index is 0.00000106. The van der Waals surface area contributed by atoms with Gasteiger partial charge in [0, 0.05) is 39.9 Å². The third-order valence-electron chi connectivity index (χ3n) is 3.69. The summed E-state index contributed by atoms with van der Waals surface area (Å²) >= 11 is 1.42. The van der Waals surface area contributed by atoms with Crippen molar-refractivity contribution >= 4 is 39.8 Å².